The number of ether oxygens (including phenoxy) is 2. The molecule has 2 aromatic carbocycles. The van der Waals surface area contributed by atoms with Gasteiger partial charge in [-0.1, -0.05) is 6.07 Å². The molecule has 9 heteroatoms. The summed E-state index contributed by atoms with van der Waals surface area (Å²) < 4.78 is 27.0. The average Bonchev–Trinajstić information content (AvgIpc) is 3.26. The van der Waals surface area contributed by atoms with Crippen LogP contribution in [0.3, 0.4) is 0 Å². The molecular formula is C25H25FN6O2. The highest BCUT2D eigenvalue weighted by Gasteiger charge is 2.29. The first kappa shape index (κ1) is 21.7. The monoisotopic (exact) mass is 460 g/mol. The molecule has 1 N–H and O–H groups in total. The molecule has 0 saturated heterocycles. The lowest BCUT2D eigenvalue weighted by Crippen LogP contribution is -2.34. The number of fused-ring (bicyclic) bond motifs is 1. The van der Waals surface area contributed by atoms with Crippen LogP contribution in [0.1, 0.15) is 22.9 Å². The van der Waals surface area contributed by atoms with Crippen molar-refractivity contribution in [2.45, 2.75) is 19.9 Å². The number of imidazole rings is 1. The molecule has 3 heterocycles. The second-order valence-electron chi connectivity index (χ2n) is 8.25. The highest BCUT2D eigenvalue weighted by Crippen LogP contribution is 2.38. The molecule has 1 unspecified atom stereocenters. The number of benzene rings is 2. The zero-order chi connectivity index (χ0) is 23.8. The number of aryl methyl sites for hydroxylation is 2. The normalized spacial score (nSPS) is 15.0. The molecule has 0 radical (unpaired) electrons. The van der Waals surface area contributed by atoms with E-state index in [0.29, 0.717) is 29.9 Å². The zero-order valence-electron chi connectivity index (χ0n) is 19.4. The van der Waals surface area contributed by atoms with Gasteiger partial charge in [-0.3, -0.25) is 0 Å². The van der Waals surface area contributed by atoms with E-state index < -0.39 is 0 Å². The fraction of sp³-hybridized carbons (Fsp3) is 0.240. The lowest BCUT2D eigenvalue weighted by molar-refractivity contribution is 0.264. The molecule has 0 bridgehead atoms. The Morgan fingerprint density at radius 3 is 2.74 bits per heavy atom. The Morgan fingerprint density at radius 2 is 2.00 bits per heavy atom. The molecule has 2 aromatic heterocycles. The highest BCUT2D eigenvalue weighted by atomic mass is 19.1. The second-order valence-corrected chi connectivity index (χ2v) is 8.25. The van der Waals surface area contributed by atoms with Crippen LogP contribution < -0.4 is 19.7 Å². The van der Waals surface area contributed by atoms with E-state index in [-0.39, 0.29) is 11.9 Å². The van der Waals surface area contributed by atoms with E-state index in [1.807, 2.05) is 54.8 Å². The number of hydrogen-bond acceptors (Lipinski definition) is 7. The van der Waals surface area contributed by atoms with Crippen LogP contribution >= 0.6 is 0 Å². The topological polar surface area (TPSA) is 77.3 Å². The summed E-state index contributed by atoms with van der Waals surface area (Å²) in [4.78, 5) is 15.4. The number of likely N-dealkylation sites (N-methyl/N-ethyl adjacent to an activating group) is 1. The van der Waals surface area contributed by atoms with Gasteiger partial charge in [-0.05, 0) is 49.2 Å². The lowest BCUT2D eigenvalue weighted by atomic mass is 10.00. The van der Waals surface area contributed by atoms with E-state index in [1.54, 1.807) is 25.7 Å². The molecule has 174 valence electrons. The number of methoxy groups -OCH3 is 1. The first-order chi connectivity index (χ1) is 16.4. The van der Waals surface area contributed by atoms with Crippen LogP contribution in [0.2, 0.25) is 0 Å². The number of nitrogens with one attached hydrogen (secondary N) is 1. The van der Waals surface area contributed by atoms with Crippen LogP contribution in [0.4, 0.5) is 21.8 Å². The highest BCUT2D eigenvalue weighted by molar-refractivity contribution is 5.64. The van der Waals surface area contributed by atoms with Gasteiger partial charge in [-0.2, -0.15) is 4.98 Å². The third-order valence-corrected chi connectivity index (χ3v) is 5.95. The average molecular weight is 461 g/mol. The maximum atomic E-state index is 13.6. The fourth-order valence-corrected chi connectivity index (χ4v) is 4.17. The van der Waals surface area contributed by atoms with Gasteiger partial charge in [-0.25, -0.2) is 14.4 Å². The molecule has 4 aromatic rings. The summed E-state index contributed by atoms with van der Waals surface area (Å²) in [5.41, 5.74) is 4.45. The van der Waals surface area contributed by atoms with E-state index in [4.69, 9.17) is 14.5 Å². The molecule has 5 rings (SSSR count). The Labute approximate surface area is 197 Å². The van der Waals surface area contributed by atoms with Crippen molar-refractivity contribution in [3.05, 3.63) is 77.8 Å². The van der Waals surface area contributed by atoms with Gasteiger partial charge < -0.3 is 24.3 Å². The molecule has 0 amide bonds. The largest absolute Gasteiger partial charge is 0.494 e. The second kappa shape index (κ2) is 8.66. The quantitative estimate of drug-likeness (QED) is 0.461. The van der Waals surface area contributed by atoms with Gasteiger partial charge in [0.15, 0.2) is 11.6 Å². The fourth-order valence-electron chi connectivity index (χ4n) is 4.17. The zero-order valence-corrected chi connectivity index (χ0v) is 19.4. The summed E-state index contributed by atoms with van der Waals surface area (Å²) in [5.74, 6) is 2.13. The smallest absolute Gasteiger partial charge is 0.229 e. The van der Waals surface area contributed by atoms with Gasteiger partial charge in [0.25, 0.3) is 0 Å². The summed E-state index contributed by atoms with van der Waals surface area (Å²) >= 11 is 0. The van der Waals surface area contributed by atoms with E-state index in [0.717, 1.165) is 28.2 Å². The molecule has 1 atom stereocenters. The minimum absolute atomic E-state index is 0.0890. The van der Waals surface area contributed by atoms with Crippen molar-refractivity contribution in [3.63, 3.8) is 0 Å². The molecule has 0 saturated carbocycles. The third kappa shape index (κ3) is 4.00. The van der Waals surface area contributed by atoms with Crippen molar-refractivity contribution in [3.8, 4) is 17.2 Å². The SMILES string of the molecule is COc1cc(Nc2ncc3c(n2)N(C)C(c2ccc(F)cc2C)CO3)ccc1-n1cnc(C)c1. The van der Waals surface area contributed by atoms with Gasteiger partial charge in [0.2, 0.25) is 5.95 Å². The van der Waals surface area contributed by atoms with Crippen LogP contribution in [-0.4, -0.2) is 40.3 Å². The molecule has 34 heavy (non-hydrogen) atoms. The Morgan fingerprint density at radius 1 is 1.15 bits per heavy atom. The van der Waals surface area contributed by atoms with Gasteiger partial charge in [0, 0.05) is 25.0 Å². The molecule has 0 fully saturated rings. The predicted molar refractivity (Wildman–Crippen MR) is 128 cm³/mol. The van der Waals surface area contributed by atoms with Gasteiger partial charge in [-0.15, -0.1) is 0 Å². The van der Waals surface area contributed by atoms with Crippen molar-refractivity contribution in [2.24, 2.45) is 0 Å². The van der Waals surface area contributed by atoms with E-state index in [2.05, 4.69) is 15.3 Å². The summed E-state index contributed by atoms with van der Waals surface area (Å²) in [6, 6.07) is 10.5. The Hall–Kier alpha value is -4.14. The lowest BCUT2D eigenvalue weighted by Gasteiger charge is -2.35. The van der Waals surface area contributed by atoms with Crippen LogP contribution in [0.15, 0.2) is 55.1 Å². The van der Waals surface area contributed by atoms with Gasteiger partial charge in [0.05, 0.1) is 37.1 Å². The van der Waals surface area contributed by atoms with Crippen LogP contribution in [-0.2, 0) is 0 Å². The number of hydrogen-bond donors (Lipinski definition) is 1. The van der Waals surface area contributed by atoms with E-state index in [9.17, 15) is 4.39 Å². The molecule has 0 aliphatic carbocycles. The number of aromatic nitrogens is 4. The maximum absolute atomic E-state index is 13.6. The van der Waals surface area contributed by atoms with Crippen molar-refractivity contribution in [1.82, 2.24) is 19.5 Å². The minimum Gasteiger partial charge on any atom is -0.494 e. The number of nitrogens with zero attached hydrogens (tertiary/aromatic N) is 5. The van der Waals surface area contributed by atoms with Crippen molar-refractivity contribution < 1.29 is 13.9 Å². The van der Waals surface area contributed by atoms with Crippen molar-refractivity contribution in [1.29, 1.82) is 0 Å². The van der Waals surface area contributed by atoms with E-state index in [1.165, 1.54) is 12.1 Å². The number of halogens is 1. The minimum atomic E-state index is -0.250. The summed E-state index contributed by atoms with van der Waals surface area (Å²) in [6.07, 6.45) is 5.35. The van der Waals surface area contributed by atoms with Gasteiger partial charge >= 0.3 is 0 Å². The van der Waals surface area contributed by atoms with Crippen LogP contribution in [0.25, 0.3) is 5.69 Å². The molecular weight excluding hydrogens is 435 g/mol. The molecule has 8 nitrogen and oxygen atoms in total. The number of rotatable bonds is 5. The van der Waals surface area contributed by atoms with Gasteiger partial charge in [0.1, 0.15) is 18.2 Å². The van der Waals surface area contributed by atoms with Crippen molar-refractivity contribution >= 4 is 17.5 Å². The molecule has 1 aliphatic rings. The molecule has 0 spiro atoms. The maximum Gasteiger partial charge on any atom is 0.229 e. The Kier molecular flexibility index (Phi) is 5.53. The first-order valence-electron chi connectivity index (χ1n) is 10.9. The predicted octanol–water partition coefficient (Wildman–Crippen LogP) is 4.74. The number of anilines is 3. The Balaban J connectivity index is 1.41. The summed E-state index contributed by atoms with van der Waals surface area (Å²) in [5, 5.41) is 3.25. The molecule has 1 aliphatic heterocycles. The van der Waals surface area contributed by atoms with Crippen molar-refractivity contribution in [2.75, 3.05) is 31.0 Å². The standard InChI is InChI=1S/C25H25FN6O2/c1-15-9-17(26)5-7-19(15)21-13-34-23-11-27-25(30-24(23)31(21)3)29-18-6-8-20(22(10-18)33-4)32-12-16(2)28-14-32/h5-12,14,21H,13H2,1-4H3,(H,27,29,30). The summed E-state index contributed by atoms with van der Waals surface area (Å²) in [6.45, 7) is 4.27. The first-order valence-corrected chi connectivity index (χ1v) is 10.9. The summed E-state index contributed by atoms with van der Waals surface area (Å²) in [7, 11) is 3.59. The van der Waals surface area contributed by atoms with E-state index >= 15 is 0 Å². The van der Waals surface area contributed by atoms with Crippen LogP contribution in [0, 0.1) is 19.7 Å². The third-order valence-electron chi connectivity index (χ3n) is 5.95. The Bertz CT molecular complexity index is 1360. The van der Waals surface area contributed by atoms with Crippen LogP contribution in [0.5, 0.6) is 11.5 Å².